The molecule has 1 aromatic heterocycles. The second-order valence-electron chi connectivity index (χ2n) is 8.75. The minimum Gasteiger partial charge on any atom is -0.504 e. The standard InChI is InChI=1S/C22H29N5O5S2/c1-13(2)19(17-12-14(3)15(4)32-17)24-22-21(25-33(29)26-22)23-16-8-7-9-18(20(16)28)34(30,31)27-10-5-6-11-27/h7-9,12-13,19,28H,5-6,10-11H2,1-4H3,(H,23,25)(H,24,26)/t19-,33?/m1/s1. The minimum absolute atomic E-state index is 0.102. The van der Waals surface area contributed by atoms with Crippen molar-refractivity contribution in [1.29, 1.82) is 0 Å². The fourth-order valence-corrected chi connectivity index (χ4v) is 6.18. The van der Waals surface area contributed by atoms with E-state index in [2.05, 4.69) is 19.4 Å². The van der Waals surface area contributed by atoms with Crippen LogP contribution in [0.5, 0.6) is 5.75 Å². The SMILES string of the molecule is Cc1cc([C@H](NC2=NS(=O)N=C2Nc2cccc(S(=O)(=O)N3CCCC3)c2O)C(C)C)oc1C. The molecule has 2 aromatic rings. The number of para-hydroxylation sites is 1. The van der Waals surface area contributed by atoms with Crippen LogP contribution in [0.2, 0.25) is 0 Å². The van der Waals surface area contributed by atoms with Gasteiger partial charge in [-0.3, -0.25) is 0 Å². The van der Waals surface area contributed by atoms with Crippen molar-refractivity contribution in [2.45, 2.75) is 51.5 Å². The molecule has 0 amide bonds. The summed E-state index contributed by atoms with van der Waals surface area (Å²) >= 11 is -1.86. The maximum atomic E-state index is 13.0. The lowest BCUT2D eigenvalue weighted by Gasteiger charge is -2.22. The average Bonchev–Trinajstić information content (AvgIpc) is 3.49. The van der Waals surface area contributed by atoms with Gasteiger partial charge in [0.15, 0.2) is 17.4 Å². The predicted octanol–water partition coefficient (Wildman–Crippen LogP) is 3.17. The molecule has 3 heterocycles. The molecule has 1 saturated heterocycles. The highest BCUT2D eigenvalue weighted by Gasteiger charge is 2.32. The Balaban J connectivity index is 1.60. The number of hydrogen-bond acceptors (Lipinski definition) is 7. The number of rotatable bonds is 6. The lowest BCUT2D eigenvalue weighted by Crippen LogP contribution is -2.38. The van der Waals surface area contributed by atoms with E-state index in [-0.39, 0.29) is 34.2 Å². The Morgan fingerprint density at radius 2 is 1.82 bits per heavy atom. The van der Waals surface area contributed by atoms with Crippen molar-refractivity contribution in [1.82, 2.24) is 9.62 Å². The summed E-state index contributed by atoms with van der Waals surface area (Å²) in [5.41, 5.74) is 1.14. The van der Waals surface area contributed by atoms with E-state index in [1.54, 1.807) is 0 Å². The van der Waals surface area contributed by atoms with Crippen molar-refractivity contribution >= 4 is 38.6 Å². The first-order valence-corrected chi connectivity index (χ1v) is 13.6. The first-order valence-electron chi connectivity index (χ1n) is 11.1. The van der Waals surface area contributed by atoms with Crippen molar-refractivity contribution in [3.05, 3.63) is 41.3 Å². The van der Waals surface area contributed by atoms with Crippen LogP contribution in [0.1, 0.15) is 49.8 Å². The number of aryl methyl sites for hydroxylation is 2. The van der Waals surface area contributed by atoms with Gasteiger partial charge in [-0.25, -0.2) is 12.6 Å². The Kier molecular flexibility index (Phi) is 6.83. The molecule has 1 unspecified atom stereocenters. The van der Waals surface area contributed by atoms with Gasteiger partial charge in [0.25, 0.3) is 11.2 Å². The monoisotopic (exact) mass is 507 g/mol. The van der Waals surface area contributed by atoms with Gasteiger partial charge < -0.3 is 20.2 Å². The molecule has 1 fully saturated rings. The largest absolute Gasteiger partial charge is 0.504 e. The third-order valence-electron chi connectivity index (χ3n) is 5.95. The molecule has 0 saturated carbocycles. The summed E-state index contributed by atoms with van der Waals surface area (Å²) < 4.78 is 53.4. The highest BCUT2D eigenvalue weighted by molar-refractivity contribution is 7.89. The summed E-state index contributed by atoms with van der Waals surface area (Å²) in [4.78, 5) is -0.188. The quantitative estimate of drug-likeness (QED) is 0.511. The predicted molar refractivity (Wildman–Crippen MR) is 132 cm³/mol. The molecule has 2 aliphatic heterocycles. The number of amidine groups is 2. The van der Waals surface area contributed by atoms with Crippen molar-refractivity contribution in [2.75, 3.05) is 18.4 Å². The first-order chi connectivity index (χ1) is 16.1. The Morgan fingerprint density at radius 3 is 2.44 bits per heavy atom. The van der Waals surface area contributed by atoms with Crippen molar-refractivity contribution in [3.63, 3.8) is 0 Å². The van der Waals surface area contributed by atoms with E-state index in [1.165, 1.54) is 22.5 Å². The fourth-order valence-electron chi connectivity index (χ4n) is 3.93. The minimum atomic E-state index is -3.83. The highest BCUT2D eigenvalue weighted by Crippen LogP contribution is 2.34. The molecule has 12 heteroatoms. The molecule has 0 spiro atoms. The molecule has 0 radical (unpaired) electrons. The number of nitrogens with zero attached hydrogens (tertiary/aromatic N) is 3. The maximum Gasteiger partial charge on any atom is 0.269 e. The molecule has 1 aromatic carbocycles. The normalized spacial score (nSPS) is 19.9. The molecule has 2 aliphatic rings. The van der Waals surface area contributed by atoms with Gasteiger partial charge in [0.2, 0.25) is 10.0 Å². The Hall–Kier alpha value is -2.70. The van der Waals surface area contributed by atoms with Crippen LogP contribution in [0.25, 0.3) is 0 Å². The van der Waals surface area contributed by atoms with Crippen LogP contribution in [-0.4, -0.2) is 46.8 Å². The number of anilines is 1. The summed E-state index contributed by atoms with van der Waals surface area (Å²) in [5.74, 6) is 1.57. The number of hydrogen-bond donors (Lipinski definition) is 3. The summed E-state index contributed by atoms with van der Waals surface area (Å²) in [6.07, 6.45) is 1.58. The van der Waals surface area contributed by atoms with Gasteiger partial charge in [0, 0.05) is 13.1 Å². The van der Waals surface area contributed by atoms with E-state index in [0.717, 1.165) is 24.2 Å². The van der Waals surface area contributed by atoms with Gasteiger partial charge >= 0.3 is 0 Å². The van der Waals surface area contributed by atoms with E-state index >= 15 is 0 Å². The van der Waals surface area contributed by atoms with E-state index in [4.69, 9.17) is 4.42 Å². The van der Waals surface area contributed by atoms with Crippen LogP contribution in [0.3, 0.4) is 0 Å². The average molecular weight is 508 g/mol. The number of benzene rings is 1. The topological polar surface area (TPSA) is 137 Å². The molecule has 34 heavy (non-hydrogen) atoms. The Labute approximate surface area is 202 Å². The van der Waals surface area contributed by atoms with Crippen LogP contribution in [0, 0.1) is 19.8 Å². The van der Waals surface area contributed by atoms with Gasteiger partial charge in [-0.1, -0.05) is 19.9 Å². The second-order valence-corrected chi connectivity index (χ2v) is 11.5. The van der Waals surface area contributed by atoms with Crippen LogP contribution in [-0.2, 0) is 21.2 Å². The fraction of sp³-hybridized carbons (Fsp3) is 0.455. The number of sulfonamides is 1. The third-order valence-corrected chi connectivity index (χ3v) is 8.56. The highest BCUT2D eigenvalue weighted by atomic mass is 32.2. The molecular formula is C22H29N5O5S2. The van der Waals surface area contributed by atoms with Crippen LogP contribution in [0.15, 0.2) is 42.4 Å². The van der Waals surface area contributed by atoms with Gasteiger partial charge in [-0.05, 0) is 56.4 Å². The lowest BCUT2D eigenvalue weighted by molar-refractivity contribution is 0.369. The molecule has 184 valence electrons. The molecule has 3 N–H and O–H groups in total. The van der Waals surface area contributed by atoms with Crippen LogP contribution in [0.4, 0.5) is 5.69 Å². The van der Waals surface area contributed by atoms with Gasteiger partial charge in [-0.15, -0.1) is 8.80 Å². The molecule has 4 rings (SSSR count). The summed E-state index contributed by atoms with van der Waals surface area (Å²) in [6, 6.07) is 6.10. The zero-order chi connectivity index (χ0) is 24.6. The van der Waals surface area contributed by atoms with E-state index in [9.17, 15) is 17.7 Å². The Bertz CT molecular complexity index is 1260. The maximum absolute atomic E-state index is 13.0. The van der Waals surface area contributed by atoms with Crippen LogP contribution >= 0.6 is 0 Å². The van der Waals surface area contributed by atoms with Gasteiger partial charge in [0.1, 0.15) is 16.4 Å². The lowest BCUT2D eigenvalue weighted by atomic mass is 10.0. The summed E-state index contributed by atoms with van der Waals surface area (Å²) in [5, 5.41) is 17.0. The van der Waals surface area contributed by atoms with Crippen molar-refractivity contribution in [3.8, 4) is 5.75 Å². The van der Waals surface area contributed by atoms with Crippen molar-refractivity contribution in [2.24, 2.45) is 14.7 Å². The second kappa shape index (κ2) is 9.51. The van der Waals surface area contributed by atoms with Crippen LogP contribution < -0.4 is 10.6 Å². The van der Waals surface area contributed by atoms with E-state index in [1.807, 2.05) is 33.8 Å². The van der Waals surface area contributed by atoms with E-state index in [0.29, 0.717) is 18.8 Å². The number of nitrogens with one attached hydrogen (secondary N) is 2. The Morgan fingerprint density at radius 1 is 1.15 bits per heavy atom. The number of aromatic hydroxyl groups is 1. The number of phenolic OH excluding ortho intramolecular Hbond substituents is 1. The number of phenols is 1. The molecule has 0 aliphatic carbocycles. The molecule has 2 atom stereocenters. The smallest absolute Gasteiger partial charge is 0.269 e. The van der Waals surface area contributed by atoms with Crippen molar-refractivity contribution < 1.29 is 22.2 Å². The van der Waals surface area contributed by atoms with E-state index < -0.39 is 26.9 Å². The molecule has 10 nitrogen and oxygen atoms in total. The summed E-state index contributed by atoms with van der Waals surface area (Å²) in [6.45, 7) is 8.73. The first kappa shape index (κ1) is 24.4. The third kappa shape index (κ3) is 4.75. The molecular weight excluding hydrogens is 478 g/mol. The molecule has 0 bridgehead atoms. The zero-order valence-corrected chi connectivity index (χ0v) is 21.2. The van der Waals surface area contributed by atoms with Gasteiger partial charge in [-0.2, -0.15) is 4.31 Å². The summed E-state index contributed by atoms with van der Waals surface area (Å²) in [7, 11) is -3.83. The zero-order valence-electron chi connectivity index (χ0n) is 19.5. The van der Waals surface area contributed by atoms with Gasteiger partial charge in [0.05, 0.1) is 11.7 Å². The number of furan rings is 1.